The summed E-state index contributed by atoms with van der Waals surface area (Å²) < 4.78 is 10.0. The number of anilines is 2. The summed E-state index contributed by atoms with van der Waals surface area (Å²) in [7, 11) is -0.729. The van der Waals surface area contributed by atoms with Gasteiger partial charge in [-0.3, -0.25) is 10.1 Å². The first kappa shape index (κ1) is 25.5. The summed E-state index contributed by atoms with van der Waals surface area (Å²) in [6.45, 7) is 6.23. The third kappa shape index (κ3) is 4.01. The first-order valence-corrected chi connectivity index (χ1v) is 15.1. The van der Waals surface area contributed by atoms with E-state index in [0.29, 0.717) is 5.69 Å². The van der Waals surface area contributed by atoms with E-state index in [1.165, 1.54) is 11.3 Å². The minimum absolute atomic E-state index is 0.0143. The molecule has 39 heavy (non-hydrogen) atoms. The molecular weight excluding hydrogens is 507 g/mol. The molecule has 1 fully saturated rings. The Morgan fingerprint density at radius 3 is 2.31 bits per heavy atom. The second-order valence-corrected chi connectivity index (χ2v) is 13.5. The van der Waals surface area contributed by atoms with Crippen LogP contribution in [0.4, 0.5) is 22.7 Å². The monoisotopic (exact) mass is 540 g/mol. The Balaban J connectivity index is 1.72. The van der Waals surface area contributed by atoms with Gasteiger partial charge in [0, 0.05) is 43.0 Å². The Hall–Kier alpha value is -3.74. The fraction of sp³-hybridized carbons (Fsp3) is 0.300. The number of para-hydroxylation sites is 3. The van der Waals surface area contributed by atoms with Gasteiger partial charge in [0.1, 0.15) is 5.69 Å². The SMILES string of the molecule is CN1/C(=C2\C=NN(c3ccccc3)P2(=Nc2ccccc2[N+](=O)[O-])N2CCCCC2)C(C)(C)c2ccccc21. The molecule has 1 atom stereocenters. The van der Waals surface area contributed by atoms with Crippen LogP contribution in [0.3, 0.4) is 0 Å². The highest BCUT2D eigenvalue weighted by Crippen LogP contribution is 2.71. The standard InChI is InChI=1S/C30H33N6O2P/c1-30(2)24-16-8-10-18-26(24)33(3)29(30)28-22-31-35(23-14-6-4-7-15-23)39(28,34-20-12-5-13-21-34)32-25-17-9-11-19-27(25)36(37)38/h4,6-11,14-19,22H,5,12-13,20-21H2,1-3H3/b29-28+. The lowest BCUT2D eigenvalue weighted by Crippen LogP contribution is -2.34. The first-order chi connectivity index (χ1) is 18.9. The fourth-order valence-corrected chi connectivity index (χ4v) is 10.2. The van der Waals surface area contributed by atoms with Gasteiger partial charge in [-0.15, -0.1) is 0 Å². The second kappa shape index (κ2) is 9.78. The van der Waals surface area contributed by atoms with Crippen molar-refractivity contribution in [3.63, 3.8) is 0 Å². The molecule has 0 N–H and O–H groups in total. The maximum absolute atomic E-state index is 12.1. The minimum atomic E-state index is -2.84. The van der Waals surface area contributed by atoms with Gasteiger partial charge in [-0.05, 0) is 42.7 Å². The number of piperidine rings is 1. The Bertz CT molecular complexity index is 1540. The molecule has 0 radical (unpaired) electrons. The molecule has 0 spiro atoms. The van der Waals surface area contributed by atoms with Crippen LogP contribution < -0.4 is 9.68 Å². The molecule has 3 aliphatic heterocycles. The molecule has 1 unspecified atom stereocenters. The van der Waals surface area contributed by atoms with Crippen molar-refractivity contribution >= 4 is 36.3 Å². The lowest BCUT2D eigenvalue weighted by Gasteiger charge is -2.43. The van der Waals surface area contributed by atoms with Crippen LogP contribution in [0.25, 0.3) is 0 Å². The molecular formula is C30H33N6O2P. The van der Waals surface area contributed by atoms with Crippen molar-refractivity contribution in [1.29, 1.82) is 0 Å². The van der Waals surface area contributed by atoms with E-state index in [1.54, 1.807) is 18.2 Å². The molecule has 0 saturated carbocycles. The third-order valence-electron chi connectivity index (χ3n) is 8.03. The van der Waals surface area contributed by atoms with Crippen molar-refractivity contribution in [2.24, 2.45) is 9.85 Å². The quantitative estimate of drug-likeness (QED) is 0.191. The number of nitro benzene ring substituents is 1. The summed E-state index contributed by atoms with van der Waals surface area (Å²) in [6.07, 6.45) is 5.25. The maximum atomic E-state index is 12.1. The Kier molecular flexibility index (Phi) is 6.40. The van der Waals surface area contributed by atoms with Crippen LogP contribution >= 0.6 is 7.36 Å². The maximum Gasteiger partial charge on any atom is 0.294 e. The van der Waals surface area contributed by atoms with E-state index in [0.717, 1.165) is 49.1 Å². The number of hydrogen-bond acceptors (Lipinski definition) is 5. The molecule has 0 aromatic heterocycles. The summed E-state index contributed by atoms with van der Waals surface area (Å²) in [5, 5.41) is 18.3. The first-order valence-electron chi connectivity index (χ1n) is 13.4. The average molecular weight is 541 g/mol. The van der Waals surface area contributed by atoms with E-state index in [9.17, 15) is 10.1 Å². The zero-order chi connectivity index (χ0) is 27.2. The molecule has 3 heterocycles. The van der Waals surface area contributed by atoms with Crippen LogP contribution in [0, 0.1) is 10.1 Å². The predicted octanol–water partition coefficient (Wildman–Crippen LogP) is 7.89. The number of fused-ring (bicyclic) bond motifs is 1. The van der Waals surface area contributed by atoms with Crippen molar-refractivity contribution in [2.45, 2.75) is 38.5 Å². The Morgan fingerprint density at radius 2 is 1.59 bits per heavy atom. The molecule has 9 heteroatoms. The molecule has 3 aromatic rings. The third-order valence-corrected chi connectivity index (χ3v) is 11.5. The smallest absolute Gasteiger partial charge is 0.294 e. The summed E-state index contributed by atoms with van der Waals surface area (Å²) in [6, 6.07) is 25.5. The van der Waals surface area contributed by atoms with Gasteiger partial charge in [-0.1, -0.05) is 68.8 Å². The van der Waals surface area contributed by atoms with Crippen LogP contribution in [-0.4, -0.2) is 35.9 Å². The number of nitro groups is 1. The molecule has 0 aliphatic carbocycles. The van der Waals surface area contributed by atoms with Crippen molar-refractivity contribution in [2.75, 3.05) is 29.8 Å². The summed E-state index contributed by atoms with van der Waals surface area (Å²) >= 11 is 0. The molecule has 6 rings (SSSR count). The predicted molar refractivity (Wildman–Crippen MR) is 160 cm³/mol. The van der Waals surface area contributed by atoms with Gasteiger partial charge in [0.05, 0.1) is 22.1 Å². The Labute approximate surface area is 229 Å². The molecule has 8 nitrogen and oxygen atoms in total. The van der Waals surface area contributed by atoms with Crippen molar-refractivity contribution in [1.82, 2.24) is 4.67 Å². The van der Waals surface area contributed by atoms with Crippen LogP contribution in [-0.2, 0) is 5.41 Å². The van der Waals surface area contributed by atoms with E-state index in [2.05, 4.69) is 71.6 Å². The zero-order valence-electron chi connectivity index (χ0n) is 22.6. The van der Waals surface area contributed by atoms with Gasteiger partial charge in [0.25, 0.3) is 5.69 Å². The number of allylic oxidation sites excluding steroid dienone is 2. The van der Waals surface area contributed by atoms with Gasteiger partial charge >= 0.3 is 0 Å². The number of rotatable bonds is 4. The topological polar surface area (TPSA) is 77.6 Å². The zero-order valence-corrected chi connectivity index (χ0v) is 23.5. The van der Waals surface area contributed by atoms with E-state index in [1.807, 2.05) is 30.5 Å². The number of hydrazone groups is 1. The van der Waals surface area contributed by atoms with E-state index in [4.69, 9.17) is 9.85 Å². The summed E-state index contributed by atoms with van der Waals surface area (Å²) in [4.78, 5) is 14.1. The number of likely N-dealkylation sites (N-methyl/N-ethyl adjacent to an activating group) is 1. The lowest BCUT2D eigenvalue weighted by atomic mass is 9.84. The van der Waals surface area contributed by atoms with E-state index >= 15 is 0 Å². The number of benzene rings is 3. The number of nitrogens with zero attached hydrogens (tertiary/aromatic N) is 6. The van der Waals surface area contributed by atoms with Gasteiger partial charge < -0.3 is 4.90 Å². The molecule has 0 amide bonds. The molecule has 0 bridgehead atoms. The average Bonchev–Trinajstić information content (AvgIpc) is 3.42. The highest BCUT2D eigenvalue weighted by molar-refractivity contribution is 7.71. The van der Waals surface area contributed by atoms with E-state index < -0.39 is 7.36 Å². The fourth-order valence-electron chi connectivity index (χ4n) is 6.25. The van der Waals surface area contributed by atoms with Gasteiger partial charge in [-0.25, -0.2) is 14.2 Å². The van der Waals surface area contributed by atoms with Crippen LogP contribution in [0.5, 0.6) is 0 Å². The largest absolute Gasteiger partial charge is 0.346 e. The van der Waals surface area contributed by atoms with Crippen molar-refractivity contribution in [3.8, 4) is 0 Å². The van der Waals surface area contributed by atoms with Crippen molar-refractivity contribution < 1.29 is 4.92 Å². The normalized spacial score (nSPS) is 24.2. The molecule has 200 valence electrons. The minimum Gasteiger partial charge on any atom is -0.346 e. The van der Waals surface area contributed by atoms with Crippen LogP contribution in [0.2, 0.25) is 0 Å². The van der Waals surface area contributed by atoms with Gasteiger partial charge in [-0.2, -0.15) is 5.10 Å². The van der Waals surface area contributed by atoms with Crippen LogP contribution in [0.15, 0.2) is 99.7 Å². The molecule has 3 aromatic carbocycles. The van der Waals surface area contributed by atoms with Gasteiger partial charge in [0.15, 0.2) is 7.36 Å². The highest BCUT2D eigenvalue weighted by Gasteiger charge is 2.50. The summed E-state index contributed by atoms with van der Waals surface area (Å²) in [5.74, 6) is 0. The second-order valence-electron chi connectivity index (χ2n) is 10.7. The highest BCUT2D eigenvalue weighted by atomic mass is 31.2. The van der Waals surface area contributed by atoms with Gasteiger partial charge in [0.2, 0.25) is 0 Å². The van der Waals surface area contributed by atoms with Crippen LogP contribution in [0.1, 0.15) is 38.7 Å². The lowest BCUT2D eigenvalue weighted by molar-refractivity contribution is -0.384. The molecule has 1 saturated heterocycles. The van der Waals surface area contributed by atoms with Crippen molar-refractivity contribution in [3.05, 3.63) is 106 Å². The summed E-state index contributed by atoms with van der Waals surface area (Å²) in [5.41, 5.74) is 4.59. The van der Waals surface area contributed by atoms with E-state index in [-0.39, 0.29) is 16.0 Å². The number of hydrogen-bond donors (Lipinski definition) is 0. The Morgan fingerprint density at radius 1 is 0.923 bits per heavy atom. The molecule has 3 aliphatic rings.